The predicted octanol–water partition coefficient (Wildman–Crippen LogP) is 1.33. The molecule has 2 heterocycles. The minimum Gasteiger partial charge on any atom is -0.503 e. The third-order valence-electron chi connectivity index (χ3n) is 6.31. The van der Waals surface area contributed by atoms with E-state index in [0.717, 1.165) is 6.07 Å². The number of aliphatic hydroxyl groups is 1. The van der Waals surface area contributed by atoms with E-state index in [1.807, 2.05) is 13.8 Å². The molecule has 1 aromatic carbocycles. The van der Waals surface area contributed by atoms with Crippen molar-refractivity contribution in [1.82, 2.24) is 14.8 Å². The van der Waals surface area contributed by atoms with E-state index in [0.29, 0.717) is 12.5 Å². The molecule has 1 aromatic heterocycles. The molecule has 2 amide bonds. The number of nitrogens with zero attached hydrogens (tertiary/aromatic N) is 2. The van der Waals surface area contributed by atoms with E-state index in [4.69, 9.17) is 0 Å². The average Bonchev–Trinajstić information content (AvgIpc) is 3.45. The Hall–Kier alpha value is -3.27. The number of amides is 2. The number of halogens is 2. The molecule has 2 aromatic rings. The van der Waals surface area contributed by atoms with Gasteiger partial charge in [0.05, 0.1) is 5.54 Å². The molecule has 2 atom stereocenters. The molecule has 0 saturated heterocycles. The molecule has 3 N–H and O–H groups in total. The minimum absolute atomic E-state index is 0.0174. The van der Waals surface area contributed by atoms with Gasteiger partial charge in [-0.1, -0.05) is 6.07 Å². The van der Waals surface area contributed by atoms with Crippen molar-refractivity contribution in [3.8, 4) is 5.75 Å². The Morgan fingerprint density at radius 3 is 2.62 bits per heavy atom. The first-order valence-corrected chi connectivity index (χ1v) is 10.2. The lowest BCUT2D eigenvalue weighted by atomic mass is 10.0. The lowest BCUT2D eigenvalue weighted by Gasteiger charge is -2.39. The lowest BCUT2D eigenvalue weighted by molar-refractivity contribution is 0.0551. The highest BCUT2D eigenvalue weighted by molar-refractivity contribution is 5.99. The highest BCUT2D eigenvalue weighted by Crippen LogP contribution is 2.53. The zero-order valence-corrected chi connectivity index (χ0v) is 17.6. The zero-order chi connectivity index (χ0) is 23.4. The molecule has 1 saturated carbocycles. The maximum Gasteiger partial charge on any atom is 0.274 e. The van der Waals surface area contributed by atoms with E-state index >= 15 is 0 Å². The highest BCUT2D eigenvalue weighted by Gasteiger charge is 2.60. The van der Waals surface area contributed by atoms with Crippen molar-refractivity contribution in [2.24, 2.45) is 5.92 Å². The summed E-state index contributed by atoms with van der Waals surface area (Å²) < 4.78 is 28.3. The number of carbonyl (C=O) groups excluding carboxylic acids is 2. The second kappa shape index (κ2) is 7.70. The molecule has 170 valence electrons. The van der Waals surface area contributed by atoms with Crippen LogP contribution in [0, 0.1) is 17.6 Å². The van der Waals surface area contributed by atoms with Crippen molar-refractivity contribution in [2.75, 3.05) is 13.2 Å². The van der Waals surface area contributed by atoms with Gasteiger partial charge in [0.15, 0.2) is 11.4 Å². The van der Waals surface area contributed by atoms with Crippen molar-refractivity contribution in [3.63, 3.8) is 0 Å². The number of benzene rings is 1. The smallest absolute Gasteiger partial charge is 0.274 e. The third-order valence-corrected chi connectivity index (χ3v) is 6.31. The van der Waals surface area contributed by atoms with Crippen LogP contribution in [0.3, 0.4) is 0 Å². The van der Waals surface area contributed by atoms with Gasteiger partial charge in [0.2, 0.25) is 5.43 Å². The van der Waals surface area contributed by atoms with Crippen LogP contribution in [0.1, 0.15) is 46.7 Å². The molecule has 0 bridgehead atoms. The van der Waals surface area contributed by atoms with Gasteiger partial charge in [-0.25, -0.2) is 8.78 Å². The van der Waals surface area contributed by atoms with Crippen molar-refractivity contribution >= 4 is 11.8 Å². The normalized spacial score (nSPS) is 21.8. The number of aromatic hydroxyl groups is 1. The Labute approximate surface area is 182 Å². The molecule has 1 fully saturated rings. The molecular weight excluding hydrogens is 424 g/mol. The number of hydrogen-bond acceptors (Lipinski definition) is 5. The van der Waals surface area contributed by atoms with Gasteiger partial charge in [-0.05, 0) is 26.3 Å². The SMILES string of the molecule is CC(C)N1C[C@]2(C[C@H]2CO)n2cc(C(=O)NCc3ccc(F)cc3F)c(=O)c(O)c2C1=O. The van der Waals surface area contributed by atoms with Gasteiger partial charge < -0.3 is 25.0 Å². The summed E-state index contributed by atoms with van der Waals surface area (Å²) in [5.74, 6) is -4.07. The topological polar surface area (TPSA) is 112 Å². The van der Waals surface area contributed by atoms with Crippen LogP contribution in [-0.4, -0.2) is 50.7 Å². The number of rotatable bonds is 5. The Bertz CT molecular complexity index is 1180. The van der Waals surface area contributed by atoms with Crippen LogP contribution in [0.2, 0.25) is 0 Å². The van der Waals surface area contributed by atoms with E-state index in [-0.39, 0.29) is 42.9 Å². The molecule has 4 rings (SSSR count). The first-order chi connectivity index (χ1) is 15.1. The van der Waals surface area contributed by atoms with Crippen molar-refractivity contribution in [3.05, 3.63) is 63.1 Å². The third kappa shape index (κ3) is 3.35. The zero-order valence-electron chi connectivity index (χ0n) is 17.6. The first-order valence-electron chi connectivity index (χ1n) is 10.2. The Kier molecular flexibility index (Phi) is 5.28. The van der Waals surface area contributed by atoms with Crippen molar-refractivity contribution in [2.45, 2.75) is 38.4 Å². The fourth-order valence-corrected chi connectivity index (χ4v) is 4.34. The molecule has 0 unspecified atom stereocenters. The molecule has 2 aliphatic rings. The van der Waals surface area contributed by atoms with E-state index < -0.39 is 45.7 Å². The Balaban J connectivity index is 1.72. The summed E-state index contributed by atoms with van der Waals surface area (Å²) in [5, 5.41) is 22.7. The van der Waals surface area contributed by atoms with Gasteiger partial charge >= 0.3 is 0 Å². The second-order valence-corrected chi connectivity index (χ2v) is 8.57. The van der Waals surface area contributed by atoms with Gasteiger partial charge in [0.1, 0.15) is 17.2 Å². The minimum atomic E-state index is -1.02. The van der Waals surface area contributed by atoms with Gasteiger partial charge in [-0.15, -0.1) is 0 Å². The molecule has 1 aliphatic heterocycles. The number of pyridine rings is 1. The summed E-state index contributed by atoms with van der Waals surface area (Å²) in [5.41, 5.74) is -2.37. The van der Waals surface area contributed by atoms with Crippen LogP contribution < -0.4 is 10.7 Å². The Morgan fingerprint density at radius 2 is 2.03 bits per heavy atom. The maximum absolute atomic E-state index is 13.8. The van der Waals surface area contributed by atoms with Gasteiger partial charge in [0, 0.05) is 49.5 Å². The summed E-state index contributed by atoms with van der Waals surface area (Å²) in [6.45, 7) is 3.42. The summed E-state index contributed by atoms with van der Waals surface area (Å²) >= 11 is 0. The van der Waals surface area contributed by atoms with Crippen LogP contribution in [0.5, 0.6) is 5.75 Å². The second-order valence-electron chi connectivity index (χ2n) is 8.57. The predicted molar refractivity (Wildman–Crippen MR) is 109 cm³/mol. The quantitative estimate of drug-likeness (QED) is 0.641. The van der Waals surface area contributed by atoms with Crippen molar-refractivity contribution in [1.29, 1.82) is 0 Å². The van der Waals surface area contributed by atoms with Crippen LogP contribution >= 0.6 is 0 Å². The number of nitrogens with one attached hydrogen (secondary N) is 1. The number of fused-ring (bicyclic) bond motifs is 2. The Morgan fingerprint density at radius 1 is 1.31 bits per heavy atom. The van der Waals surface area contributed by atoms with Crippen molar-refractivity contribution < 1.29 is 28.6 Å². The summed E-state index contributed by atoms with van der Waals surface area (Å²) in [7, 11) is 0. The first kappa shape index (κ1) is 21.9. The van der Waals surface area contributed by atoms with Crippen LogP contribution in [0.25, 0.3) is 0 Å². The fraction of sp³-hybridized carbons (Fsp3) is 0.409. The number of aromatic nitrogens is 1. The summed E-state index contributed by atoms with van der Waals surface area (Å²) in [6.07, 6.45) is 1.73. The molecule has 8 nitrogen and oxygen atoms in total. The van der Waals surface area contributed by atoms with E-state index in [1.165, 1.54) is 21.7 Å². The molecule has 10 heteroatoms. The molecule has 0 radical (unpaired) electrons. The molecule has 1 aliphatic carbocycles. The fourth-order valence-electron chi connectivity index (χ4n) is 4.34. The van der Waals surface area contributed by atoms with E-state index in [2.05, 4.69) is 5.32 Å². The number of hydrogen-bond donors (Lipinski definition) is 3. The number of carbonyl (C=O) groups is 2. The highest BCUT2D eigenvalue weighted by atomic mass is 19.1. The van der Waals surface area contributed by atoms with E-state index in [1.54, 1.807) is 0 Å². The lowest BCUT2D eigenvalue weighted by Crippen LogP contribution is -2.52. The van der Waals surface area contributed by atoms with Crippen LogP contribution in [-0.2, 0) is 12.1 Å². The molecule has 1 spiro atoms. The van der Waals surface area contributed by atoms with Gasteiger partial charge in [0.25, 0.3) is 11.8 Å². The van der Waals surface area contributed by atoms with Crippen LogP contribution in [0.4, 0.5) is 8.78 Å². The van der Waals surface area contributed by atoms with Crippen LogP contribution in [0.15, 0.2) is 29.2 Å². The summed E-state index contributed by atoms with van der Waals surface area (Å²) in [4.78, 5) is 40.0. The summed E-state index contributed by atoms with van der Waals surface area (Å²) in [6, 6.07) is 2.70. The van der Waals surface area contributed by atoms with Gasteiger partial charge in [-0.3, -0.25) is 14.4 Å². The van der Waals surface area contributed by atoms with E-state index in [9.17, 15) is 33.4 Å². The largest absolute Gasteiger partial charge is 0.503 e. The standard InChI is InChI=1S/C22H23F2N3O5/c1-11(2)26-10-22(6-13(22)9-28)27-8-15(18(29)19(30)17(27)21(26)32)20(31)25-7-12-3-4-14(23)5-16(12)24/h3-5,8,11,13,28,30H,6-7,9-10H2,1-2H3,(H,25,31)/t13-,22-/m0/s1. The maximum atomic E-state index is 13.8. The molecular formula is C22H23F2N3O5. The molecule has 32 heavy (non-hydrogen) atoms. The number of aliphatic hydroxyl groups excluding tert-OH is 1. The average molecular weight is 447 g/mol. The van der Waals surface area contributed by atoms with Gasteiger partial charge in [-0.2, -0.15) is 0 Å². The monoisotopic (exact) mass is 447 g/mol.